The second-order valence-electron chi connectivity index (χ2n) is 12.8. The van der Waals surface area contributed by atoms with Gasteiger partial charge in [0, 0.05) is 35.5 Å². The third-order valence-corrected chi connectivity index (χ3v) is 10.3. The van der Waals surface area contributed by atoms with E-state index in [0.29, 0.717) is 18.2 Å². The van der Waals surface area contributed by atoms with Gasteiger partial charge in [-0.3, -0.25) is 4.90 Å². The van der Waals surface area contributed by atoms with Crippen LogP contribution in [0.15, 0.2) is 47.8 Å². The number of benzene rings is 2. The van der Waals surface area contributed by atoms with E-state index in [-0.39, 0.29) is 16.9 Å². The van der Waals surface area contributed by atoms with Crippen molar-refractivity contribution in [2.24, 2.45) is 0 Å². The molecule has 0 saturated carbocycles. The van der Waals surface area contributed by atoms with Gasteiger partial charge in [-0.1, -0.05) is 58.0 Å². The second kappa shape index (κ2) is 10.0. The number of amides is 2. The number of piperidine rings is 1. The van der Waals surface area contributed by atoms with Gasteiger partial charge in [0.15, 0.2) is 6.23 Å². The minimum atomic E-state index is -0.901. The van der Waals surface area contributed by atoms with Crippen molar-refractivity contribution in [1.82, 2.24) is 14.8 Å². The number of hydrogen-bond donors (Lipinski definition) is 2. The van der Waals surface area contributed by atoms with Crippen molar-refractivity contribution in [3.05, 3.63) is 69.5 Å². The Morgan fingerprint density at radius 1 is 1.00 bits per heavy atom. The number of anilines is 1. The molecule has 0 radical (unpaired) electrons. The molecule has 39 heavy (non-hydrogen) atoms. The summed E-state index contributed by atoms with van der Waals surface area (Å²) in [5.41, 5.74) is 7.18. The van der Waals surface area contributed by atoms with E-state index >= 15 is 0 Å². The molecule has 1 atom stereocenters. The maximum atomic E-state index is 12.6. The van der Waals surface area contributed by atoms with Crippen LogP contribution in [0.25, 0.3) is 11.3 Å². The van der Waals surface area contributed by atoms with Crippen molar-refractivity contribution in [3.8, 4) is 11.3 Å². The van der Waals surface area contributed by atoms with Gasteiger partial charge in [-0.2, -0.15) is 0 Å². The molecule has 206 valence electrons. The standard InChI is InChI=1S/C32H40N4O2S/c1-31(2)13-14-32(3,4)25-19-22(9-10-24(25)31)27-20-39-28(33-27)21-11-15-35(16-12-21)17-18-36-29(37)23-7-5-6-8-26(23)34-30(36)38/h5-10,19-21,29,37H,11-18H2,1-4H3,(H,34,38). The van der Waals surface area contributed by atoms with E-state index < -0.39 is 6.23 Å². The van der Waals surface area contributed by atoms with Crippen molar-refractivity contribution in [2.45, 2.75) is 76.4 Å². The van der Waals surface area contributed by atoms with Crippen LogP contribution in [0.5, 0.6) is 0 Å². The monoisotopic (exact) mass is 544 g/mol. The van der Waals surface area contributed by atoms with E-state index in [1.54, 1.807) is 11.3 Å². The van der Waals surface area contributed by atoms with Crippen LogP contribution < -0.4 is 5.32 Å². The Morgan fingerprint density at radius 2 is 1.72 bits per heavy atom. The van der Waals surface area contributed by atoms with Gasteiger partial charge < -0.3 is 15.3 Å². The number of nitrogens with zero attached hydrogens (tertiary/aromatic N) is 3. The predicted molar refractivity (Wildman–Crippen MR) is 158 cm³/mol. The van der Waals surface area contributed by atoms with Gasteiger partial charge in [0.1, 0.15) is 0 Å². The molecule has 1 unspecified atom stereocenters. The van der Waals surface area contributed by atoms with Gasteiger partial charge in [-0.05, 0) is 72.9 Å². The number of aliphatic hydroxyl groups excluding tert-OH is 1. The van der Waals surface area contributed by atoms with E-state index in [1.165, 1.54) is 39.4 Å². The summed E-state index contributed by atoms with van der Waals surface area (Å²) in [7, 11) is 0. The highest BCUT2D eigenvalue weighted by molar-refractivity contribution is 7.10. The van der Waals surface area contributed by atoms with E-state index in [2.05, 4.69) is 61.5 Å². The molecule has 1 fully saturated rings. The summed E-state index contributed by atoms with van der Waals surface area (Å²) in [5, 5.41) is 17.1. The van der Waals surface area contributed by atoms with Crippen molar-refractivity contribution < 1.29 is 9.90 Å². The lowest BCUT2D eigenvalue weighted by molar-refractivity contribution is 0.0241. The number of aromatic nitrogens is 1. The number of rotatable bonds is 5. The summed E-state index contributed by atoms with van der Waals surface area (Å²) >= 11 is 1.80. The molecule has 3 aromatic rings. The SMILES string of the molecule is CC1(C)CCC(C)(C)c2cc(-c3csc(C4CCN(CCN5C(=O)Nc6ccccc6C5O)CC4)n3)ccc21. The molecule has 1 aromatic heterocycles. The number of carbonyl (C=O) groups is 1. The Balaban J connectivity index is 1.07. The van der Waals surface area contributed by atoms with Crippen molar-refractivity contribution in [1.29, 1.82) is 0 Å². The van der Waals surface area contributed by atoms with Crippen LogP contribution >= 0.6 is 11.3 Å². The van der Waals surface area contributed by atoms with Crippen LogP contribution in [-0.2, 0) is 10.8 Å². The molecule has 7 heteroatoms. The van der Waals surface area contributed by atoms with Crippen LogP contribution in [0, 0.1) is 0 Å². The highest BCUT2D eigenvalue weighted by Gasteiger charge is 2.37. The number of carbonyl (C=O) groups excluding carboxylic acids is 1. The molecule has 3 heterocycles. The topological polar surface area (TPSA) is 68.7 Å². The Kier molecular flexibility index (Phi) is 6.81. The van der Waals surface area contributed by atoms with Crippen LogP contribution in [0.2, 0.25) is 0 Å². The average molecular weight is 545 g/mol. The molecule has 2 amide bonds. The Bertz CT molecular complexity index is 1370. The molecular weight excluding hydrogens is 504 g/mol. The van der Waals surface area contributed by atoms with Gasteiger partial charge in [0.25, 0.3) is 0 Å². The fourth-order valence-electron chi connectivity index (χ4n) is 6.53. The third-order valence-electron chi connectivity index (χ3n) is 9.30. The fraction of sp³-hybridized carbons (Fsp3) is 0.500. The van der Waals surface area contributed by atoms with E-state index in [4.69, 9.17) is 4.98 Å². The quantitative estimate of drug-likeness (QED) is 0.368. The summed E-state index contributed by atoms with van der Waals surface area (Å²) in [6.07, 6.45) is 3.67. The number of thiazole rings is 1. The summed E-state index contributed by atoms with van der Waals surface area (Å²) in [6, 6.07) is 14.2. The number of fused-ring (bicyclic) bond motifs is 2. The lowest BCUT2D eigenvalue weighted by atomic mass is 9.63. The highest BCUT2D eigenvalue weighted by Crippen LogP contribution is 2.47. The number of urea groups is 1. The molecule has 0 bridgehead atoms. The summed E-state index contributed by atoms with van der Waals surface area (Å²) < 4.78 is 0. The maximum absolute atomic E-state index is 12.6. The molecule has 1 saturated heterocycles. The first-order valence-electron chi connectivity index (χ1n) is 14.3. The minimum absolute atomic E-state index is 0.195. The zero-order chi connectivity index (χ0) is 27.4. The van der Waals surface area contributed by atoms with Crippen molar-refractivity contribution in [3.63, 3.8) is 0 Å². The lowest BCUT2D eigenvalue weighted by Crippen LogP contribution is -2.46. The normalized spacial score (nSPS) is 22.7. The summed E-state index contributed by atoms with van der Waals surface area (Å²) in [6.45, 7) is 12.7. The molecule has 6 rings (SSSR count). The summed E-state index contributed by atoms with van der Waals surface area (Å²) in [5.74, 6) is 0.476. The average Bonchev–Trinajstić information content (AvgIpc) is 3.42. The fourth-order valence-corrected chi connectivity index (χ4v) is 7.53. The van der Waals surface area contributed by atoms with Gasteiger partial charge >= 0.3 is 6.03 Å². The summed E-state index contributed by atoms with van der Waals surface area (Å²) in [4.78, 5) is 21.6. The van der Waals surface area contributed by atoms with Crippen LogP contribution in [-0.4, -0.2) is 52.1 Å². The molecule has 0 spiro atoms. The smallest absolute Gasteiger partial charge is 0.324 e. The van der Waals surface area contributed by atoms with Crippen LogP contribution in [0.3, 0.4) is 0 Å². The van der Waals surface area contributed by atoms with Gasteiger partial charge in [0.2, 0.25) is 0 Å². The predicted octanol–water partition coefficient (Wildman–Crippen LogP) is 6.88. The number of aliphatic hydroxyl groups is 1. The molecule has 3 aliphatic rings. The molecule has 2 aromatic carbocycles. The van der Waals surface area contributed by atoms with E-state index in [1.807, 2.05) is 24.3 Å². The minimum Gasteiger partial charge on any atom is -0.369 e. The van der Waals surface area contributed by atoms with Gasteiger partial charge in [-0.15, -0.1) is 11.3 Å². The molecule has 2 aliphatic heterocycles. The number of para-hydroxylation sites is 1. The number of nitrogens with one attached hydrogen (secondary N) is 1. The van der Waals surface area contributed by atoms with Crippen LogP contribution in [0.4, 0.5) is 10.5 Å². The first kappa shape index (κ1) is 26.5. The van der Waals surface area contributed by atoms with Gasteiger partial charge in [-0.25, -0.2) is 9.78 Å². The molecule has 1 aliphatic carbocycles. The Morgan fingerprint density at radius 3 is 2.49 bits per heavy atom. The third kappa shape index (κ3) is 5.01. The molecule has 6 nitrogen and oxygen atoms in total. The first-order valence-corrected chi connectivity index (χ1v) is 15.2. The van der Waals surface area contributed by atoms with Crippen molar-refractivity contribution in [2.75, 3.05) is 31.5 Å². The highest BCUT2D eigenvalue weighted by atomic mass is 32.1. The maximum Gasteiger partial charge on any atom is 0.324 e. The number of hydrogen-bond acceptors (Lipinski definition) is 5. The van der Waals surface area contributed by atoms with Crippen LogP contribution in [0.1, 0.15) is 87.2 Å². The van der Waals surface area contributed by atoms with Crippen molar-refractivity contribution >= 4 is 23.1 Å². The lowest BCUT2D eigenvalue weighted by Gasteiger charge is -2.42. The van der Waals surface area contributed by atoms with E-state index in [0.717, 1.165) is 43.7 Å². The van der Waals surface area contributed by atoms with E-state index in [9.17, 15) is 9.90 Å². The largest absolute Gasteiger partial charge is 0.369 e. The molecular formula is C32H40N4O2S. The Labute approximate surface area is 236 Å². The molecule has 2 N–H and O–H groups in total. The second-order valence-corrected chi connectivity index (χ2v) is 13.7. The Hall–Kier alpha value is -2.74. The number of likely N-dealkylation sites (tertiary alicyclic amines) is 1. The van der Waals surface area contributed by atoms with Gasteiger partial charge in [0.05, 0.1) is 16.4 Å². The zero-order valence-electron chi connectivity index (χ0n) is 23.5. The first-order chi connectivity index (χ1) is 18.6. The zero-order valence-corrected chi connectivity index (χ0v) is 24.4.